The predicted octanol–water partition coefficient (Wildman–Crippen LogP) is 5.46. The van der Waals surface area contributed by atoms with Gasteiger partial charge in [-0.3, -0.25) is 19.3 Å². The zero-order chi connectivity index (χ0) is 26.9. The minimum absolute atomic E-state index is 0.0193. The van der Waals surface area contributed by atoms with Crippen LogP contribution in [-0.4, -0.2) is 45.4 Å². The van der Waals surface area contributed by atoms with Crippen LogP contribution in [0.3, 0.4) is 0 Å². The minimum atomic E-state index is -0.426. The Morgan fingerprint density at radius 1 is 0.641 bits per heavy atom. The first-order valence-electron chi connectivity index (χ1n) is 13.3. The number of anilines is 1. The predicted molar refractivity (Wildman–Crippen MR) is 149 cm³/mol. The SMILES string of the molecule is O=C1c2ccccc2C(=O)N1CCCCCN1C(=O)[C@H](Cc2ccc(O)cc2)n2cccc2-c2ccccc21. The standard InChI is InChI=1S/C32H29N3O4/c36-23-16-14-22(15-17-23)21-29-32(39)34(28-12-5-4-11-26(28)27-13-8-20-33(27)29)18-6-1-7-19-35-30(37)24-9-2-3-10-25(24)31(35)38/h2-5,8-17,20,29,36H,1,6-7,18-19,21H2/t29-/m0/s1. The molecule has 0 fully saturated rings. The van der Waals surface area contributed by atoms with Crippen LogP contribution >= 0.6 is 0 Å². The zero-order valence-electron chi connectivity index (χ0n) is 21.5. The molecule has 6 rings (SSSR count). The normalized spacial score (nSPS) is 16.2. The van der Waals surface area contributed by atoms with Crippen LogP contribution in [0.15, 0.2) is 91.1 Å². The van der Waals surface area contributed by atoms with E-state index in [0.29, 0.717) is 37.1 Å². The molecule has 1 atom stereocenters. The van der Waals surface area contributed by atoms with Crippen LogP contribution in [0, 0.1) is 0 Å². The van der Waals surface area contributed by atoms with Gasteiger partial charge in [0.25, 0.3) is 11.8 Å². The van der Waals surface area contributed by atoms with Crippen molar-refractivity contribution in [1.29, 1.82) is 0 Å². The molecular formula is C32H29N3O4. The number of aromatic nitrogens is 1. The van der Waals surface area contributed by atoms with Crippen LogP contribution < -0.4 is 4.90 Å². The van der Waals surface area contributed by atoms with E-state index >= 15 is 0 Å². The van der Waals surface area contributed by atoms with Gasteiger partial charge >= 0.3 is 0 Å². The van der Waals surface area contributed by atoms with Gasteiger partial charge in [-0.25, -0.2) is 0 Å². The molecule has 0 aliphatic carbocycles. The second-order valence-corrected chi connectivity index (χ2v) is 10.1. The maximum absolute atomic E-state index is 14.1. The van der Waals surface area contributed by atoms with E-state index in [1.165, 1.54) is 4.90 Å². The number of fused-ring (bicyclic) bond motifs is 4. The third-order valence-electron chi connectivity index (χ3n) is 7.64. The Bertz CT molecular complexity index is 1520. The molecule has 3 heterocycles. The second kappa shape index (κ2) is 10.3. The van der Waals surface area contributed by atoms with Crippen molar-refractivity contribution < 1.29 is 19.5 Å². The summed E-state index contributed by atoms with van der Waals surface area (Å²) >= 11 is 0. The number of unbranched alkanes of at least 4 members (excludes halogenated alkanes) is 2. The fraction of sp³-hybridized carbons (Fsp3) is 0.219. The van der Waals surface area contributed by atoms with Gasteiger partial charge < -0.3 is 14.6 Å². The molecule has 7 heteroatoms. The summed E-state index contributed by atoms with van der Waals surface area (Å²) in [6.07, 6.45) is 4.65. The van der Waals surface area contributed by atoms with Gasteiger partial charge in [-0.15, -0.1) is 0 Å². The molecule has 7 nitrogen and oxygen atoms in total. The number of hydrogen-bond donors (Lipinski definition) is 1. The van der Waals surface area contributed by atoms with Gasteiger partial charge in [0.15, 0.2) is 0 Å². The molecule has 4 aromatic rings. The summed E-state index contributed by atoms with van der Waals surface area (Å²) in [4.78, 5) is 42.6. The molecule has 2 aliphatic heterocycles. The van der Waals surface area contributed by atoms with Crippen molar-refractivity contribution >= 4 is 23.4 Å². The molecule has 0 saturated carbocycles. The van der Waals surface area contributed by atoms with Crippen molar-refractivity contribution in [3.8, 4) is 17.0 Å². The molecule has 0 radical (unpaired) electrons. The van der Waals surface area contributed by atoms with Gasteiger partial charge in [-0.05, 0) is 67.3 Å². The van der Waals surface area contributed by atoms with E-state index in [4.69, 9.17) is 0 Å². The lowest BCUT2D eigenvalue weighted by Crippen LogP contribution is -2.38. The van der Waals surface area contributed by atoms with Gasteiger partial charge in [0.05, 0.1) is 22.5 Å². The molecule has 39 heavy (non-hydrogen) atoms. The summed E-state index contributed by atoms with van der Waals surface area (Å²) in [7, 11) is 0. The number of carbonyl (C=O) groups excluding carboxylic acids is 3. The van der Waals surface area contributed by atoms with Crippen LogP contribution in [0.5, 0.6) is 5.75 Å². The largest absolute Gasteiger partial charge is 0.508 e. The second-order valence-electron chi connectivity index (χ2n) is 10.1. The van der Waals surface area contributed by atoms with E-state index in [2.05, 4.69) is 4.57 Å². The average molecular weight is 520 g/mol. The number of phenolic OH excluding ortho intramolecular Hbond substituents is 1. The summed E-state index contributed by atoms with van der Waals surface area (Å²) in [6, 6.07) is 25.5. The number of para-hydroxylation sites is 1. The summed E-state index contributed by atoms with van der Waals surface area (Å²) in [6.45, 7) is 0.903. The highest BCUT2D eigenvalue weighted by Crippen LogP contribution is 2.38. The highest BCUT2D eigenvalue weighted by molar-refractivity contribution is 6.21. The van der Waals surface area contributed by atoms with E-state index in [9.17, 15) is 19.5 Å². The number of nitrogens with zero attached hydrogens (tertiary/aromatic N) is 3. The number of phenols is 1. The van der Waals surface area contributed by atoms with Crippen LogP contribution in [-0.2, 0) is 11.2 Å². The van der Waals surface area contributed by atoms with Crippen molar-refractivity contribution in [2.24, 2.45) is 0 Å². The van der Waals surface area contributed by atoms with Gasteiger partial charge in [0.1, 0.15) is 11.8 Å². The van der Waals surface area contributed by atoms with E-state index in [-0.39, 0.29) is 23.5 Å². The maximum Gasteiger partial charge on any atom is 0.261 e. The van der Waals surface area contributed by atoms with Crippen LogP contribution in [0.25, 0.3) is 11.3 Å². The van der Waals surface area contributed by atoms with Crippen LogP contribution in [0.1, 0.15) is 51.6 Å². The summed E-state index contributed by atoms with van der Waals surface area (Å²) < 4.78 is 2.05. The third kappa shape index (κ3) is 4.50. The quantitative estimate of drug-likeness (QED) is 0.248. The van der Waals surface area contributed by atoms with E-state index < -0.39 is 6.04 Å². The zero-order valence-corrected chi connectivity index (χ0v) is 21.5. The highest BCUT2D eigenvalue weighted by atomic mass is 16.3. The first-order chi connectivity index (χ1) is 19.0. The Labute approximate surface area is 226 Å². The van der Waals surface area contributed by atoms with E-state index in [0.717, 1.165) is 35.3 Å². The average Bonchev–Trinajstić information content (AvgIpc) is 3.51. The van der Waals surface area contributed by atoms with Gasteiger partial charge in [0, 0.05) is 31.3 Å². The Kier molecular flexibility index (Phi) is 6.49. The fourth-order valence-corrected chi connectivity index (χ4v) is 5.67. The molecule has 2 aliphatic rings. The summed E-state index contributed by atoms with van der Waals surface area (Å²) in [5, 5.41) is 9.71. The molecule has 0 saturated heterocycles. The van der Waals surface area contributed by atoms with Crippen molar-refractivity contribution in [2.45, 2.75) is 31.7 Å². The van der Waals surface area contributed by atoms with Crippen molar-refractivity contribution in [3.05, 3.63) is 108 Å². The molecule has 3 amide bonds. The van der Waals surface area contributed by atoms with E-state index in [1.54, 1.807) is 36.4 Å². The van der Waals surface area contributed by atoms with Crippen molar-refractivity contribution in [3.63, 3.8) is 0 Å². The number of rotatable bonds is 8. The fourth-order valence-electron chi connectivity index (χ4n) is 5.67. The molecule has 196 valence electrons. The van der Waals surface area contributed by atoms with E-state index in [1.807, 2.05) is 59.6 Å². The Balaban J connectivity index is 1.17. The highest BCUT2D eigenvalue weighted by Gasteiger charge is 2.35. The molecule has 0 unspecified atom stereocenters. The van der Waals surface area contributed by atoms with Crippen LogP contribution in [0.4, 0.5) is 5.69 Å². The van der Waals surface area contributed by atoms with Gasteiger partial charge in [-0.1, -0.05) is 42.5 Å². The van der Waals surface area contributed by atoms with Gasteiger partial charge in [0.2, 0.25) is 5.91 Å². The van der Waals surface area contributed by atoms with Crippen LogP contribution in [0.2, 0.25) is 0 Å². The minimum Gasteiger partial charge on any atom is -0.508 e. The molecule has 1 N–H and O–H groups in total. The third-order valence-corrected chi connectivity index (χ3v) is 7.64. The number of imide groups is 1. The van der Waals surface area contributed by atoms with Crippen molar-refractivity contribution in [2.75, 3.05) is 18.0 Å². The summed E-state index contributed by atoms with van der Waals surface area (Å²) in [5.74, 6) is -0.244. The molecule has 0 bridgehead atoms. The lowest BCUT2D eigenvalue weighted by atomic mass is 10.0. The first kappa shape index (κ1) is 24.7. The maximum atomic E-state index is 14.1. The number of hydrogen-bond acceptors (Lipinski definition) is 4. The number of amides is 3. The molecule has 0 spiro atoms. The molecule has 1 aromatic heterocycles. The lowest BCUT2D eigenvalue weighted by molar-refractivity contribution is -0.121. The topological polar surface area (TPSA) is 82.8 Å². The molecular weight excluding hydrogens is 490 g/mol. The molecule has 3 aromatic carbocycles. The number of aromatic hydroxyl groups is 1. The van der Waals surface area contributed by atoms with Crippen molar-refractivity contribution in [1.82, 2.24) is 9.47 Å². The number of carbonyl (C=O) groups is 3. The number of benzene rings is 3. The Morgan fingerprint density at radius 3 is 1.95 bits per heavy atom. The monoisotopic (exact) mass is 519 g/mol. The van der Waals surface area contributed by atoms with Gasteiger partial charge in [-0.2, -0.15) is 0 Å². The Morgan fingerprint density at radius 2 is 1.26 bits per heavy atom. The summed E-state index contributed by atoms with van der Waals surface area (Å²) in [5.41, 5.74) is 4.80. The smallest absolute Gasteiger partial charge is 0.261 e. The lowest BCUT2D eigenvalue weighted by Gasteiger charge is -2.27. The first-order valence-corrected chi connectivity index (χ1v) is 13.3. The Hall–Kier alpha value is -4.65.